The molecule has 0 spiro atoms. The second-order valence-corrected chi connectivity index (χ2v) is 6.22. The Bertz CT molecular complexity index is 623. The second kappa shape index (κ2) is 5.00. The summed E-state index contributed by atoms with van der Waals surface area (Å²) in [5.41, 5.74) is 2.66. The van der Waals surface area contributed by atoms with Gasteiger partial charge in [0.05, 0.1) is 5.52 Å². The van der Waals surface area contributed by atoms with E-state index in [1.165, 1.54) is 5.56 Å². The molecule has 0 amide bonds. The number of hydrogen-bond acceptors (Lipinski definition) is 2. The van der Waals surface area contributed by atoms with Gasteiger partial charge in [-0.3, -0.25) is 4.57 Å². The molecule has 0 aliphatic heterocycles. The molecular formula is C15H18BrNO2. The van der Waals surface area contributed by atoms with Crippen molar-refractivity contribution in [2.75, 3.05) is 0 Å². The highest BCUT2D eigenvalue weighted by atomic mass is 79.9. The smallest absolute Gasteiger partial charge is 0.419 e. The van der Waals surface area contributed by atoms with E-state index in [-0.39, 0.29) is 6.09 Å². The van der Waals surface area contributed by atoms with Crippen molar-refractivity contribution in [3.8, 4) is 0 Å². The van der Waals surface area contributed by atoms with E-state index in [1.807, 2.05) is 46.0 Å². The molecule has 1 aromatic carbocycles. The highest BCUT2D eigenvalue weighted by Crippen LogP contribution is 2.25. The van der Waals surface area contributed by atoms with Gasteiger partial charge < -0.3 is 4.74 Å². The summed E-state index contributed by atoms with van der Waals surface area (Å²) in [6.07, 6.45) is 1.50. The summed E-state index contributed by atoms with van der Waals surface area (Å²) in [4.78, 5) is 12.2. The molecule has 4 heteroatoms. The zero-order valence-corrected chi connectivity index (χ0v) is 13.2. The minimum atomic E-state index is -0.493. The molecule has 102 valence electrons. The van der Waals surface area contributed by atoms with Crippen LogP contribution < -0.4 is 0 Å². The fourth-order valence-corrected chi connectivity index (χ4v) is 2.43. The molecule has 0 aliphatic carbocycles. The lowest BCUT2D eigenvalue weighted by atomic mass is 10.1. The third kappa shape index (κ3) is 3.00. The number of benzene rings is 1. The number of nitrogens with zero attached hydrogens (tertiary/aromatic N) is 1. The Kier molecular flexibility index (Phi) is 3.72. The van der Waals surface area contributed by atoms with Crippen LogP contribution in [0.4, 0.5) is 4.79 Å². The number of halogens is 1. The van der Waals surface area contributed by atoms with Crippen molar-refractivity contribution in [2.45, 2.75) is 38.6 Å². The SMILES string of the molecule is Cc1ccc2c(c1)c(CBr)cn2C(=O)OC(C)(C)C. The summed E-state index contributed by atoms with van der Waals surface area (Å²) in [5.74, 6) is 0. The Morgan fingerprint density at radius 2 is 2.05 bits per heavy atom. The van der Waals surface area contributed by atoms with Crippen LogP contribution in [0.3, 0.4) is 0 Å². The van der Waals surface area contributed by atoms with Gasteiger partial charge in [0.15, 0.2) is 0 Å². The zero-order valence-electron chi connectivity index (χ0n) is 11.7. The first kappa shape index (κ1) is 14.1. The van der Waals surface area contributed by atoms with E-state index in [9.17, 15) is 4.79 Å². The van der Waals surface area contributed by atoms with Gasteiger partial charge in [-0.15, -0.1) is 0 Å². The van der Waals surface area contributed by atoms with Gasteiger partial charge in [-0.05, 0) is 45.4 Å². The Morgan fingerprint density at radius 3 is 2.63 bits per heavy atom. The van der Waals surface area contributed by atoms with Crippen molar-refractivity contribution in [1.82, 2.24) is 4.57 Å². The predicted molar refractivity (Wildman–Crippen MR) is 80.9 cm³/mol. The number of aromatic nitrogens is 1. The lowest BCUT2D eigenvalue weighted by Crippen LogP contribution is -2.26. The normalized spacial score (nSPS) is 11.8. The number of alkyl halides is 1. The molecule has 0 saturated carbocycles. The number of ether oxygens (including phenoxy) is 1. The van der Waals surface area contributed by atoms with E-state index < -0.39 is 5.60 Å². The van der Waals surface area contributed by atoms with Crippen LogP contribution in [0, 0.1) is 6.92 Å². The molecule has 0 N–H and O–H groups in total. The van der Waals surface area contributed by atoms with Gasteiger partial charge in [-0.1, -0.05) is 27.6 Å². The van der Waals surface area contributed by atoms with E-state index >= 15 is 0 Å². The maximum Gasteiger partial charge on any atom is 0.419 e. The van der Waals surface area contributed by atoms with Crippen LogP contribution in [-0.4, -0.2) is 16.3 Å². The molecule has 0 saturated heterocycles. The number of aryl methyl sites for hydroxylation is 1. The first-order valence-electron chi connectivity index (χ1n) is 6.22. The van der Waals surface area contributed by atoms with E-state index in [0.717, 1.165) is 16.5 Å². The fraction of sp³-hybridized carbons (Fsp3) is 0.400. The van der Waals surface area contributed by atoms with E-state index in [0.29, 0.717) is 5.33 Å². The summed E-state index contributed by atoms with van der Waals surface area (Å²) in [5, 5.41) is 1.80. The lowest BCUT2D eigenvalue weighted by Gasteiger charge is -2.19. The van der Waals surface area contributed by atoms with Crippen LogP contribution in [0.25, 0.3) is 10.9 Å². The van der Waals surface area contributed by atoms with Crippen molar-refractivity contribution in [3.05, 3.63) is 35.5 Å². The molecule has 3 nitrogen and oxygen atoms in total. The number of carbonyl (C=O) groups is 1. The third-order valence-corrected chi connectivity index (χ3v) is 3.38. The monoisotopic (exact) mass is 323 g/mol. The van der Waals surface area contributed by atoms with Crippen molar-refractivity contribution >= 4 is 32.9 Å². The van der Waals surface area contributed by atoms with Crippen molar-refractivity contribution in [2.24, 2.45) is 0 Å². The minimum Gasteiger partial charge on any atom is -0.443 e. The highest BCUT2D eigenvalue weighted by Gasteiger charge is 2.20. The minimum absolute atomic E-state index is 0.339. The van der Waals surface area contributed by atoms with E-state index in [4.69, 9.17) is 4.74 Å². The van der Waals surface area contributed by atoms with E-state index in [1.54, 1.807) is 4.57 Å². The Hall–Kier alpha value is -1.29. The van der Waals surface area contributed by atoms with Crippen LogP contribution >= 0.6 is 15.9 Å². The number of carbonyl (C=O) groups excluding carboxylic acids is 1. The first-order chi connectivity index (χ1) is 8.81. The molecule has 2 rings (SSSR count). The average Bonchev–Trinajstić information content (AvgIpc) is 2.64. The third-order valence-electron chi connectivity index (χ3n) is 2.78. The van der Waals surface area contributed by atoms with Crippen molar-refractivity contribution < 1.29 is 9.53 Å². The standard InChI is InChI=1S/C15H18BrNO2/c1-10-5-6-13-12(7-10)11(8-16)9-17(13)14(18)19-15(2,3)4/h5-7,9H,8H2,1-4H3. The summed E-state index contributed by atoms with van der Waals surface area (Å²) in [7, 11) is 0. The molecule has 0 bridgehead atoms. The van der Waals surface area contributed by atoms with Crippen molar-refractivity contribution in [1.29, 1.82) is 0 Å². The summed E-state index contributed by atoms with van der Waals surface area (Å²) in [6.45, 7) is 7.65. The lowest BCUT2D eigenvalue weighted by molar-refractivity contribution is 0.0544. The highest BCUT2D eigenvalue weighted by molar-refractivity contribution is 9.08. The van der Waals surface area contributed by atoms with Gasteiger partial charge in [0.1, 0.15) is 5.60 Å². The maximum atomic E-state index is 12.2. The summed E-state index contributed by atoms with van der Waals surface area (Å²) >= 11 is 3.46. The topological polar surface area (TPSA) is 31.2 Å². The Labute approximate surface area is 121 Å². The fourth-order valence-electron chi connectivity index (χ4n) is 1.98. The number of fused-ring (bicyclic) bond motifs is 1. The van der Waals surface area contributed by atoms with Gasteiger partial charge in [0.25, 0.3) is 0 Å². The van der Waals surface area contributed by atoms with Crippen LogP contribution in [0.5, 0.6) is 0 Å². The zero-order chi connectivity index (χ0) is 14.2. The molecule has 0 unspecified atom stereocenters. The number of rotatable bonds is 1. The quantitative estimate of drug-likeness (QED) is 0.716. The molecule has 1 aromatic heterocycles. The van der Waals surface area contributed by atoms with Crippen LogP contribution in [0.15, 0.2) is 24.4 Å². The molecule has 0 aliphatic rings. The largest absolute Gasteiger partial charge is 0.443 e. The molecule has 0 fully saturated rings. The second-order valence-electron chi connectivity index (χ2n) is 5.66. The summed E-state index contributed by atoms with van der Waals surface area (Å²) < 4.78 is 7.01. The molecule has 2 aromatic rings. The van der Waals surface area contributed by atoms with Gasteiger partial charge in [-0.2, -0.15) is 0 Å². The van der Waals surface area contributed by atoms with Crippen LogP contribution in [0.1, 0.15) is 31.9 Å². The Morgan fingerprint density at radius 1 is 1.37 bits per heavy atom. The first-order valence-corrected chi connectivity index (χ1v) is 7.34. The molecule has 0 radical (unpaired) electrons. The van der Waals surface area contributed by atoms with Crippen molar-refractivity contribution in [3.63, 3.8) is 0 Å². The number of hydrogen-bond donors (Lipinski definition) is 0. The van der Waals surface area contributed by atoms with Gasteiger partial charge in [0, 0.05) is 16.9 Å². The van der Waals surface area contributed by atoms with E-state index in [2.05, 4.69) is 22.0 Å². The summed E-state index contributed by atoms with van der Waals surface area (Å²) in [6, 6.07) is 6.05. The van der Waals surface area contributed by atoms with Gasteiger partial charge in [-0.25, -0.2) is 4.79 Å². The predicted octanol–water partition coefficient (Wildman–Crippen LogP) is 4.63. The Balaban J connectivity index is 2.52. The van der Waals surface area contributed by atoms with Gasteiger partial charge in [0.2, 0.25) is 0 Å². The maximum absolute atomic E-state index is 12.2. The molecule has 0 atom stereocenters. The van der Waals surface area contributed by atoms with Gasteiger partial charge >= 0.3 is 6.09 Å². The van der Waals surface area contributed by atoms with Crippen LogP contribution in [0.2, 0.25) is 0 Å². The average molecular weight is 324 g/mol. The molecule has 1 heterocycles. The molecular weight excluding hydrogens is 306 g/mol. The van der Waals surface area contributed by atoms with Crippen LogP contribution in [-0.2, 0) is 10.1 Å². The molecule has 19 heavy (non-hydrogen) atoms.